The average Bonchev–Trinajstić information content (AvgIpc) is 2.76. The van der Waals surface area contributed by atoms with Gasteiger partial charge in [-0.1, -0.05) is 16.8 Å². The zero-order valence-corrected chi connectivity index (χ0v) is 11.6. The lowest BCUT2D eigenvalue weighted by molar-refractivity contribution is -0.137. The van der Waals surface area contributed by atoms with Crippen molar-refractivity contribution in [2.75, 3.05) is 18.6 Å². The van der Waals surface area contributed by atoms with Gasteiger partial charge in [0.2, 0.25) is 5.91 Å². The fraction of sp³-hybridized carbons (Fsp3) is 0.417. The van der Waals surface area contributed by atoms with E-state index in [1.165, 1.54) is 18.2 Å². The monoisotopic (exact) mass is 321 g/mol. The highest BCUT2D eigenvalue weighted by atomic mass is 35.5. The Morgan fingerprint density at radius 1 is 1.57 bits per heavy atom. The number of halogens is 4. The number of hydrogen-bond donors (Lipinski definition) is 0. The van der Waals surface area contributed by atoms with Crippen molar-refractivity contribution in [2.45, 2.75) is 12.6 Å². The number of amides is 1. The summed E-state index contributed by atoms with van der Waals surface area (Å²) in [5.41, 5.74) is -0.958. The molecule has 1 aliphatic rings. The van der Waals surface area contributed by atoms with Gasteiger partial charge >= 0.3 is 6.18 Å². The molecule has 2 rings (SSSR count). The number of carbonyl (C=O) groups is 1. The van der Waals surface area contributed by atoms with Crippen molar-refractivity contribution in [3.05, 3.63) is 22.8 Å². The summed E-state index contributed by atoms with van der Waals surface area (Å²) >= 11 is 5.82. The van der Waals surface area contributed by atoms with Crippen molar-refractivity contribution in [1.29, 1.82) is 0 Å². The van der Waals surface area contributed by atoms with E-state index < -0.39 is 17.7 Å². The van der Waals surface area contributed by atoms with Crippen LogP contribution in [0, 0.1) is 5.92 Å². The summed E-state index contributed by atoms with van der Waals surface area (Å²) in [6.07, 6.45) is -2.06. The molecule has 1 fully saturated rings. The maximum atomic E-state index is 12.5. The quantitative estimate of drug-likeness (QED) is 0.635. The minimum absolute atomic E-state index is 0.0167. The van der Waals surface area contributed by atoms with Gasteiger partial charge in [0.15, 0.2) is 5.82 Å². The number of oxime groups is 1. The second-order valence-corrected chi connectivity index (χ2v) is 4.76. The number of rotatable bonds is 3. The summed E-state index contributed by atoms with van der Waals surface area (Å²) in [4.78, 5) is 21.5. The Kier molecular flexibility index (Phi) is 4.36. The third-order valence-electron chi connectivity index (χ3n) is 3.00. The SMILES string of the molecule is CO/N=C\[C@H]1CCN(c2ncc(C(F)(F)F)cc2Cl)C1=O. The predicted molar refractivity (Wildman–Crippen MR) is 70.2 cm³/mol. The number of aromatic nitrogens is 1. The topological polar surface area (TPSA) is 54.8 Å². The molecule has 0 aromatic carbocycles. The van der Waals surface area contributed by atoms with Gasteiger partial charge in [-0.3, -0.25) is 9.69 Å². The first-order chi connectivity index (χ1) is 9.84. The van der Waals surface area contributed by atoms with Crippen molar-refractivity contribution >= 4 is 29.5 Å². The molecule has 0 saturated carbocycles. The van der Waals surface area contributed by atoms with E-state index in [9.17, 15) is 18.0 Å². The van der Waals surface area contributed by atoms with E-state index >= 15 is 0 Å². The van der Waals surface area contributed by atoms with E-state index in [0.717, 1.165) is 6.07 Å². The summed E-state index contributed by atoms with van der Waals surface area (Å²) in [5, 5.41) is 3.31. The van der Waals surface area contributed by atoms with Gasteiger partial charge < -0.3 is 4.84 Å². The smallest absolute Gasteiger partial charge is 0.399 e. The Bertz CT molecular complexity index is 577. The minimum Gasteiger partial charge on any atom is -0.399 e. The third-order valence-corrected chi connectivity index (χ3v) is 3.28. The molecular weight excluding hydrogens is 311 g/mol. The van der Waals surface area contributed by atoms with E-state index in [2.05, 4.69) is 15.0 Å². The van der Waals surface area contributed by atoms with Gasteiger partial charge in [-0.2, -0.15) is 13.2 Å². The first-order valence-electron chi connectivity index (χ1n) is 5.95. The normalized spacial score (nSPS) is 19.6. The first kappa shape index (κ1) is 15.6. The molecule has 1 aromatic heterocycles. The van der Waals surface area contributed by atoms with Crippen LogP contribution >= 0.6 is 11.6 Å². The fourth-order valence-electron chi connectivity index (χ4n) is 1.97. The maximum Gasteiger partial charge on any atom is 0.417 e. The Labute approximate surface area is 123 Å². The van der Waals surface area contributed by atoms with Gasteiger partial charge in [0.25, 0.3) is 0 Å². The zero-order chi connectivity index (χ0) is 15.6. The van der Waals surface area contributed by atoms with Crippen LogP contribution in [0.4, 0.5) is 19.0 Å². The Morgan fingerprint density at radius 3 is 2.86 bits per heavy atom. The van der Waals surface area contributed by atoms with Crippen LogP contribution < -0.4 is 4.90 Å². The molecule has 0 bridgehead atoms. The van der Waals surface area contributed by atoms with E-state index in [-0.39, 0.29) is 16.7 Å². The highest BCUT2D eigenvalue weighted by molar-refractivity contribution is 6.33. The van der Waals surface area contributed by atoms with Crippen LogP contribution in [-0.2, 0) is 15.8 Å². The molecule has 1 saturated heterocycles. The molecule has 0 radical (unpaired) electrons. The van der Waals surface area contributed by atoms with Crippen LogP contribution in [0.5, 0.6) is 0 Å². The molecule has 0 spiro atoms. The zero-order valence-electron chi connectivity index (χ0n) is 10.9. The van der Waals surface area contributed by atoms with Gasteiger partial charge in [-0.05, 0) is 12.5 Å². The van der Waals surface area contributed by atoms with E-state index in [1.807, 2.05) is 0 Å². The number of nitrogens with zero attached hydrogens (tertiary/aromatic N) is 3. The summed E-state index contributed by atoms with van der Waals surface area (Å²) in [6, 6.07) is 0.758. The summed E-state index contributed by atoms with van der Waals surface area (Å²) in [6.45, 7) is 0.303. The van der Waals surface area contributed by atoms with Crippen LogP contribution in [0.2, 0.25) is 5.02 Å². The molecule has 1 atom stereocenters. The van der Waals surface area contributed by atoms with Crippen molar-refractivity contribution in [2.24, 2.45) is 11.1 Å². The molecule has 0 aliphatic carbocycles. The summed E-state index contributed by atoms with van der Waals surface area (Å²) in [7, 11) is 1.35. The first-order valence-corrected chi connectivity index (χ1v) is 6.33. The van der Waals surface area contributed by atoms with Crippen LogP contribution in [0.25, 0.3) is 0 Å². The fourth-order valence-corrected chi connectivity index (χ4v) is 2.24. The number of alkyl halides is 3. The standard InChI is InChI=1S/C12H11ClF3N3O2/c1-21-18-5-7-2-3-19(11(7)20)10-9(13)4-8(6-17-10)12(14,15)16/h4-7H,2-3H2,1H3/b18-5-/t7-/m1/s1. The molecule has 1 aromatic rings. The molecular formula is C12H11ClF3N3O2. The van der Waals surface area contributed by atoms with Crippen LogP contribution in [0.15, 0.2) is 17.4 Å². The maximum absolute atomic E-state index is 12.5. The van der Waals surface area contributed by atoms with Gasteiger partial charge in [0.05, 0.1) is 22.7 Å². The molecule has 1 amide bonds. The lowest BCUT2D eigenvalue weighted by Gasteiger charge is -2.17. The molecule has 114 valence electrons. The minimum atomic E-state index is -4.53. The van der Waals surface area contributed by atoms with Gasteiger partial charge in [0.1, 0.15) is 7.11 Å². The second-order valence-electron chi connectivity index (χ2n) is 4.35. The van der Waals surface area contributed by atoms with Crippen LogP contribution in [0.1, 0.15) is 12.0 Å². The van der Waals surface area contributed by atoms with Crippen molar-refractivity contribution < 1.29 is 22.8 Å². The van der Waals surface area contributed by atoms with Crippen molar-refractivity contribution in [1.82, 2.24) is 4.98 Å². The van der Waals surface area contributed by atoms with E-state index in [1.54, 1.807) is 0 Å². The van der Waals surface area contributed by atoms with Gasteiger partial charge in [-0.15, -0.1) is 0 Å². The Balaban J connectivity index is 2.24. The number of carbonyl (C=O) groups excluding carboxylic acids is 1. The van der Waals surface area contributed by atoms with Crippen LogP contribution in [0.3, 0.4) is 0 Å². The number of hydrogen-bond acceptors (Lipinski definition) is 4. The molecule has 0 N–H and O–H groups in total. The van der Waals surface area contributed by atoms with Crippen molar-refractivity contribution in [3.8, 4) is 0 Å². The lowest BCUT2D eigenvalue weighted by atomic mass is 10.1. The van der Waals surface area contributed by atoms with E-state index in [0.29, 0.717) is 19.2 Å². The number of anilines is 1. The molecule has 1 aliphatic heterocycles. The van der Waals surface area contributed by atoms with Crippen LogP contribution in [-0.4, -0.2) is 30.8 Å². The summed E-state index contributed by atoms with van der Waals surface area (Å²) < 4.78 is 37.6. The molecule has 2 heterocycles. The molecule has 0 unspecified atom stereocenters. The average molecular weight is 322 g/mol. The Hall–Kier alpha value is -1.83. The largest absolute Gasteiger partial charge is 0.417 e. The van der Waals surface area contributed by atoms with Crippen molar-refractivity contribution in [3.63, 3.8) is 0 Å². The Morgan fingerprint density at radius 2 is 2.29 bits per heavy atom. The number of pyridine rings is 1. The highest BCUT2D eigenvalue weighted by Crippen LogP contribution is 2.35. The molecule has 21 heavy (non-hydrogen) atoms. The lowest BCUT2D eigenvalue weighted by Crippen LogP contribution is -2.28. The second kappa shape index (κ2) is 5.88. The highest BCUT2D eigenvalue weighted by Gasteiger charge is 2.36. The molecule has 9 heteroatoms. The van der Waals surface area contributed by atoms with Gasteiger partial charge in [-0.25, -0.2) is 4.98 Å². The third kappa shape index (κ3) is 3.26. The predicted octanol–water partition coefficient (Wildman–Crippen LogP) is 2.74. The van der Waals surface area contributed by atoms with Gasteiger partial charge in [0, 0.05) is 12.7 Å². The van der Waals surface area contributed by atoms with E-state index in [4.69, 9.17) is 11.6 Å². The summed E-state index contributed by atoms with van der Waals surface area (Å²) in [5.74, 6) is -0.807. The molecule has 5 nitrogen and oxygen atoms in total.